The molecule has 0 saturated heterocycles. The number of carboxylic acid groups (broad SMARTS) is 1. The largest absolute Gasteiger partial charge is 0.493 e. The summed E-state index contributed by atoms with van der Waals surface area (Å²) in [6, 6.07) is 4.97. The van der Waals surface area contributed by atoms with Crippen molar-refractivity contribution in [2.24, 2.45) is 0 Å². The molecule has 0 bridgehead atoms. The second-order valence-corrected chi connectivity index (χ2v) is 3.51. The van der Waals surface area contributed by atoms with Crippen molar-refractivity contribution in [2.45, 2.75) is 0 Å². The van der Waals surface area contributed by atoms with Crippen LogP contribution in [0.4, 0.5) is 10.5 Å². The van der Waals surface area contributed by atoms with E-state index in [1.165, 1.54) is 20.4 Å². The molecular formula is C12H12N2O4. The molecule has 0 saturated carbocycles. The highest BCUT2D eigenvalue weighted by molar-refractivity contribution is 5.99. The smallest absolute Gasteiger partial charge is 0.409 e. The third-order valence-corrected chi connectivity index (χ3v) is 2.49. The lowest BCUT2D eigenvalue weighted by Crippen LogP contribution is -2.07. The Balaban J connectivity index is 2.64. The van der Waals surface area contributed by atoms with Gasteiger partial charge in [0.1, 0.15) is 0 Å². The Morgan fingerprint density at radius 1 is 1.28 bits per heavy atom. The standard InChI is InChI=1S/C12H12N2O4/c1-17-10-5-7-8(14-12(15)16)3-4-13-9(7)6-11(10)18-2/h3-6H,1-2H3,(H,13,14)(H,15,16). The Morgan fingerprint density at radius 2 is 1.94 bits per heavy atom. The normalized spacial score (nSPS) is 10.1. The van der Waals surface area contributed by atoms with Crippen LogP contribution < -0.4 is 14.8 Å². The van der Waals surface area contributed by atoms with Gasteiger partial charge in [-0.3, -0.25) is 10.3 Å². The number of fused-ring (bicyclic) bond motifs is 1. The molecule has 0 atom stereocenters. The third-order valence-electron chi connectivity index (χ3n) is 2.49. The molecule has 1 amide bonds. The Bertz CT molecular complexity index is 598. The Labute approximate surface area is 103 Å². The van der Waals surface area contributed by atoms with Gasteiger partial charge in [-0.25, -0.2) is 4.79 Å². The first-order valence-corrected chi connectivity index (χ1v) is 5.16. The van der Waals surface area contributed by atoms with Gasteiger partial charge in [-0.05, 0) is 12.1 Å². The molecule has 1 heterocycles. The van der Waals surface area contributed by atoms with E-state index in [1.807, 2.05) is 0 Å². The zero-order chi connectivity index (χ0) is 13.1. The van der Waals surface area contributed by atoms with Crippen molar-refractivity contribution in [1.82, 2.24) is 4.98 Å². The van der Waals surface area contributed by atoms with Gasteiger partial charge < -0.3 is 14.6 Å². The topological polar surface area (TPSA) is 80.7 Å². The predicted octanol–water partition coefficient (Wildman–Crippen LogP) is 2.34. The minimum Gasteiger partial charge on any atom is -0.493 e. The van der Waals surface area contributed by atoms with Crippen LogP contribution in [0.2, 0.25) is 0 Å². The van der Waals surface area contributed by atoms with E-state index in [9.17, 15) is 4.79 Å². The van der Waals surface area contributed by atoms with Gasteiger partial charge in [0.25, 0.3) is 0 Å². The number of amides is 1. The second kappa shape index (κ2) is 4.79. The van der Waals surface area contributed by atoms with Crippen LogP contribution in [0.25, 0.3) is 10.9 Å². The van der Waals surface area contributed by atoms with Crippen LogP contribution in [0.3, 0.4) is 0 Å². The van der Waals surface area contributed by atoms with E-state index >= 15 is 0 Å². The van der Waals surface area contributed by atoms with Gasteiger partial charge in [0, 0.05) is 17.6 Å². The first kappa shape index (κ1) is 12.0. The SMILES string of the molecule is COc1cc2nccc(NC(=O)O)c2cc1OC. The number of anilines is 1. The van der Waals surface area contributed by atoms with E-state index in [0.29, 0.717) is 28.1 Å². The molecule has 18 heavy (non-hydrogen) atoms. The molecular weight excluding hydrogens is 236 g/mol. The summed E-state index contributed by atoms with van der Waals surface area (Å²) in [6.07, 6.45) is 0.400. The van der Waals surface area contributed by atoms with Gasteiger partial charge in [-0.1, -0.05) is 0 Å². The van der Waals surface area contributed by atoms with Gasteiger partial charge in [0.15, 0.2) is 11.5 Å². The van der Waals surface area contributed by atoms with Gasteiger partial charge in [0.05, 0.1) is 25.4 Å². The molecule has 0 aliphatic rings. The van der Waals surface area contributed by atoms with E-state index in [4.69, 9.17) is 14.6 Å². The first-order valence-electron chi connectivity index (χ1n) is 5.16. The van der Waals surface area contributed by atoms with E-state index in [1.54, 1.807) is 18.2 Å². The lowest BCUT2D eigenvalue weighted by molar-refractivity contribution is 0.210. The number of rotatable bonds is 3. The van der Waals surface area contributed by atoms with Crippen molar-refractivity contribution in [3.05, 3.63) is 24.4 Å². The number of hydrogen-bond donors (Lipinski definition) is 2. The molecule has 0 fully saturated rings. The number of carbonyl (C=O) groups is 1. The van der Waals surface area contributed by atoms with Gasteiger partial charge in [-0.2, -0.15) is 0 Å². The molecule has 0 radical (unpaired) electrons. The number of ether oxygens (including phenoxy) is 2. The van der Waals surface area contributed by atoms with Crippen molar-refractivity contribution < 1.29 is 19.4 Å². The fourth-order valence-electron chi connectivity index (χ4n) is 1.70. The fraction of sp³-hybridized carbons (Fsp3) is 0.167. The number of benzene rings is 1. The molecule has 0 aliphatic carbocycles. The van der Waals surface area contributed by atoms with E-state index < -0.39 is 6.09 Å². The van der Waals surface area contributed by atoms with E-state index in [0.717, 1.165) is 0 Å². The van der Waals surface area contributed by atoms with Crippen LogP contribution in [0.5, 0.6) is 11.5 Å². The van der Waals surface area contributed by atoms with Gasteiger partial charge in [-0.15, -0.1) is 0 Å². The minimum atomic E-state index is -1.13. The highest BCUT2D eigenvalue weighted by Crippen LogP contribution is 2.34. The van der Waals surface area contributed by atoms with Crippen LogP contribution in [0, 0.1) is 0 Å². The zero-order valence-electron chi connectivity index (χ0n) is 9.93. The Kier molecular flexibility index (Phi) is 3.18. The zero-order valence-corrected chi connectivity index (χ0v) is 9.93. The highest BCUT2D eigenvalue weighted by atomic mass is 16.5. The average Bonchev–Trinajstić information content (AvgIpc) is 2.37. The fourth-order valence-corrected chi connectivity index (χ4v) is 1.70. The van der Waals surface area contributed by atoms with E-state index in [-0.39, 0.29) is 0 Å². The summed E-state index contributed by atoms with van der Waals surface area (Å²) in [6.45, 7) is 0. The number of methoxy groups -OCH3 is 2. The van der Waals surface area contributed by atoms with Crippen LogP contribution in [-0.4, -0.2) is 30.4 Å². The van der Waals surface area contributed by atoms with Crippen molar-refractivity contribution in [3.63, 3.8) is 0 Å². The molecule has 0 aliphatic heterocycles. The average molecular weight is 248 g/mol. The number of pyridine rings is 1. The number of nitrogens with one attached hydrogen (secondary N) is 1. The van der Waals surface area contributed by atoms with Gasteiger partial charge >= 0.3 is 6.09 Å². The summed E-state index contributed by atoms with van der Waals surface area (Å²) in [5, 5.41) is 11.7. The molecule has 2 N–H and O–H groups in total. The lowest BCUT2D eigenvalue weighted by Gasteiger charge is -2.11. The molecule has 94 valence electrons. The van der Waals surface area contributed by atoms with Crippen LogP contribution in [0.15, 0.2) is 24.4 Å². The van der Waals surface area contributed by atoms with Gasteiger partial charge in [0.2, 0.25) is 0 Å². The minimum absolute atomic E-state index is 0.452. The number of aromatic nitrogens is 1. The second-order valence-electron chi connectivity index (χ2n) is 3.51. The third kappa shape index (κ3) is 2.13. The molecule has 6 heteroatoms. The summed E-state index contributed by atoms with van der Waals surface area (Å²) >= 11 is 0. The highest BCUT2D eigenvalue weighted by Gasteiger charge is 2.10. The monoisotopic (exact) mass is 248 g/mol. The molecule has 0 unspecified atom stereocenters. The summed E-state index contributed by atoms with van der Waals surface area (Å²) in [7, 11) is 3.05. The Morgan fingerprint density at radius 3 is 2.56 bits per heavy atom. The maximum Gasteiger partial charge on any atom is 0.409 e. The molecule has 0 spiro atoms. The van der Waals surface area contributed by atoms with Crippen LogP contribution in [-0.2, 0) is 0 Å². The van der Waals surface area contributed by atoms with Crippen molar-refractivity contribution in [2.75, 3.05) is 19.5 Å². The number of nitrogens with zero attached hydrogens (tertiary/aromatic N) is 1. The van der Waals surface area contributed by atoms with Crippen LogP contribution >= 0.6 is 0 Å². The molecule has 1 aromatic carbocycles. The summed E-state index contributed by atoms with van der Waals surface area (Å²) < 4.78 is 10.3. The van der Waals surface area contributed by atoms with Crippen molar-refractivity contribution in [3.8, 4) is 11.5 Å². The molecule has 2 aromatic rings. The maximum atomic E-state index is 10.7. The molecule has 2 rings (SSSR count). The summed E-state index contributed by atoms with van der Waals surface area (Å²) in [4.78, 5) is 14.9. The molecule has 1 aromatic heterocycles. The number of hydrogen-bond acceptors (Lipinski definition) is 4. The Hall–Kier alpha value is -2.50. The molecule has 6 nitrogen and oxygen atoms in total. The summed E-state index contributed by atoms with van der Waals surface area (Å²) in [5.74, 6) is 1.07. The maximum absolute atomic E-state index is 10.7. The predicted molar refractivity (Wildman–Crippen MR) is 66.5 cm³/mol. The lowest BCUT2D eigenvalue weighted by atomic mass is 10.1. The summed E-state index contributed by atoms with van der Waals surface area (Å²) in [5.41, 5.74) is 1.08. The van der Waals surface area contributed by atoms with Crippen molar-refractivity contribution >= 4 is 22.7 Å². The first-order chi connectivity index (χ1) is 8.65. The van der Waals surface area contributed by atoms with E-state index in [2.05, 4.69) is 10.3 Å². The van der Waals surface area contributed by atoms with Crippen molar-refractivity contribution in [1.29, 1.82) is 0 Å². The quantitative estimate of drug-likeness (QED) is 0.871. The van der Waals surface area contributed by atoms with Crippen LogP contribution in [0.1, 0.15) is 0 Å².